The summed E-state index contributed by atoms with van der Waals surface area (Å²) >= 11 is 0. The normalized spacial score (nSPS) is 10.4. The average molecular weight is 549 g/mol. The number of rotatable bonds is 0. The van der Waals surface area contributed by atoms with E-state index in [1.54, 1.807) is 0 Å². The summed E-state index contributed by atoms with van der Waals surface area (Å²) in [7, 11) is 0. The molecule has 0 bridgehead atoms. The molecule has 6 aromatic carbocycles. The second kappa shape index (κ2) is 13.5. The largest absolute Gasteiger partial charge is 0.456 e. The Morgan fingerprint density at radius 2 is 0.810 bits per heavy atom. The van der Waals surface area contributed by atoms with Gasteiger partial charge in [-0.05, 0) is 63.6 Å². The molecule has 0 amide bonds. The maximum absolute atomic E-state index is 5.73. The van der Waals surface area contributed by atoms with Gasteiger partial charge in [-0.15, -0.1) is 0 Å². The number of benzene rings is 6. The maximum Gasteiger partial charge on any atom is 0.135 e. The first-order chi connectivity index (χ1) is 20.5. The van der Waals surface area contributed by atoms with E-state index in [-0.39, 0.29) is 0 Å². The van der Waals surface area contributed by atoms with Crippen molar-refractivity contribution in [2.75, 3.05) is 0 Å². The van der Waals surface area contributed by atoms with Crippen molar-refractivity contribution >= 4 is 43.9 Å². The van der Waals surface area contributed by atoms with Crippen LogP contribution < -0.4 is 0 Å². The first-order valence-corrected chi connectivity index (χ1v) is 14.3. The van der Waals surface area contributed by atoms with E-state index in [0.717, 1.165) is 22.3 Å². The molecule has 2 heteroatoms. The third kappa shape index (κ3) is 6.97. The molecule has 0 aliphatic carbocycles. The van der Waals surface area contributed by atoms with E-state index in [2.05, 4.69) is 82.3 Å². The Morgan fingerprint density at radius 3 is 1.40 bits per heavy atom. The van der Waals surface area contributed by atoms with Crippen LogP contribution in [0.15, 0.2) is 154 Å². The van der Waals surface area contributed by atoms with E-state index in [4.69, 9.17) is 8.83 Å². The molecular weight excluding hydrogens is 512 g/mol. The number of furan rings is 2. The van der Waals surface area contributed by atoms with Crippen LogP contribution in [0.4, 0.5) is 0 Å². The highest BCUT2D eigenvalue weighted by Gasteiger charge is 2.07. The van der Waals surface area contributed by atoms with Crippen molar-refractivity contribution in [1.29, 1.82) is 0 Å². The van der Waals surface area contributed by atoms with Gasteiger partial charge in [0.15, 0.2) is 0 Å². The Morgan fingerprint density at radius 1 is 0.333 bits per heavy atom. The van der Waals surface area contributed by atoms with E-state index >= 15 is 0 Å². The summed E-state index contributed by atoms with van der Waals surface area (Å²) < 4.78 is 11.4. The molecule has 0 fully saturated rings. The topological polar surface area (TPSA) is 26.3 Å². The molecule has 42 heavy (non-hydrogen) atoms. The Hall–Kier alpha value is -5.08. The Labute approximate surface area is 247 Å². The van der Waals surface area contributed by atoms with Crippen molar-refractivity contribution < 1.29 is 8.83 Å². The zero-order valence-corrected chi connectivity index (χ0v) is 24.7. The van der Waals surface area contributed by atoms with E-state index in [1.165, 1.54) is 43.8 Å². The zero-order chi connectivity index (χ0) is 29.3. The molecule has 0 N–H and O–H groups in total. The SMILES string of the molecule is Cc1ccc2oc3ccccc3c2c1.Cc1cccc2oc3ccccc3c12.Cc1ccccc1.Cc1ccccc1. The van der Waals surface area contributed by atoms with Crippen LogP contribution in [0, 0.1) is 27.7 Å². The van der Waals surface area contributed by atoms with Gasteiger partial charge in [0.1, 0.15) is 22.3 Å². The van der Waals surface area contributed by atoms with Crippen LogP contribution in [-0.4, -0.2) is 0 Å². The number of para-hydroxylation sites is 2. The van der Waals surface area contributed by atoms with Gasteiger partial charge in [0.25, 0.3) is 0 Å². The van der Waals surface area contributed by atoms with Crippen molar-refractivity contribution in [2.45, 2.75) is 27.7 Å². The molecule has 0 saturated carbocycles. The molecule has 0 unspecified atom stereocenters. The fourth-order valence-electron chi connectivity index (χ4n) is 4.86. The summed E-state index contributed by atoms with van der Waals surface area (Å²) in [5.74, 6) is 0. The maximum atomic E-state index is 5.73. The summed E-state index contributed by atoms with van der Waals surface area (Å²) in [5.41, 5.74) is 9.06. The Balaban J connectivity index is 0.000000118. The molecule has 8 aromatic rings. The molecular formula is C40H36O2. The van der Waals surface area contributed by atoms with Crippen LogP contribution in [-0.2, 0) is 0 Å². The van der Waals surface area contributed by atoms with E-state index in [9.17, 15) is 0 Å². The van der Waals surface area contributed by atoms with E-state index in [0.29, 0.717) is 0 Å². The van der Waals surface area contributed by atoms with Gasteiger partial charge in [0, 0.05) is 21.5 Å². The monoisotopic (exact) mass is 548 g/mol. The predicted octanol–water partition coefficient (Wildman–Crippen LogP) is 11.8. The second-order valence-electron chi connectivity index (χ2n) is 10.5. The summed E-state index contributed by atoms with van der Waals surface area (Å²) in [6, 6.07) is 49.3. The molecule has 0 aliphatic heterocycles. The number of hydrogen-bond donors (Lipinski definition) is 0. The Bertz CT molecular complexity index is 1970. The average Bonchev–Trinajstić information content (AvgIpc) is 3.58. The summed E-state index contributed by atoms with van der Waals surface area (Å²) in [4.78, 5) is 0. The van der Waals surface area contributed by atoms with Gasteiger partial charge < -0.3 is 8.83 Å². The van der Waals surface area contributed by atoms with Crippen LogP contribution in [0.25, 0.3) is 43.9 Å². The lowest BCUT2D eigenvalue weighted by Crippen LogP contribution is -1.72. The smallest absolute Gasteiger partial charge is 0.135 e. The molecule has 0 radical (unpaired) electrons. The fourth-order valence-corrected chi connectivity index (χ4v) is 4.86. The minimum Gasteiger partial charge on any atom is -0.456 e. The van der Waals surface area contributed by atoms with Gasteiger partial charge in [-0.3, -0.25) is 0 Å². The second-order valence-corrected chi connectivity index (χ2v) is 10.5. The van der Waals surface area contributed by atoms with Crippen LogP contribution in [0.2, 0.25) is 0 Å². The minimum atomic E-state index is 0.966. The molecule has 0 saturated heterocycles. The van der Waals surface area contributed by atoms with Crippen LogP contribution in [0.1, 0.15) is 22.3 Å². The van der Waals surface area contributed by atoms with Crippen LogP contribution in [0.5, 0.6) is 0 Å². The number of aryl methyl sites for hydroxylation is 4. The highest BCUT2D eigenvalue weighted by atomic mass is 16.3. The van der Waals surface area contributed by atoms with Gasteiger partial charge in [-0.2, -0.15) is 0 Å². The van der Waals surface area contributed by atoms with Gasteiger partial charge in [0.05, 0.1) is 0 Å². The molecule has 2 aromatic heterocycles. The number of hydrogen-bond acceptors (Lipinski definition) is 2. The third-order valence-corrected chi connectivity index (χ3v) is 7.02. The molecule has 208 valence electrons. The lowest BCUT2D eigenvalue weighted by atomic mass is 10.1. The zero-order valence-electron chi connectivity index (χ0n) is 24.7. The first kappa shape index (κ1) is 28.4. The van der Waals surface area contributed by atoms with Crippen molar-refractivity contribution in [3.8, 4) is 0 Å². The summed E-state index contributed by atoms with van der Waals surface area (Å²) in [5, 5.41) is 4.86. The minimum absolute atomic E-state index is 0.966. The van der Waals surface area contributed by atoms with Crippen molar-refractivity contribution in [3.63, 3.8) is 0 Å². The van der Waals surface area contributed by atoms with Crippen LogP contribution in [0.3, 0.4) is 0 Å². The van der Waals surface area contributed by atoms with Gasteiger partial charge >= 0.3 is 0 Å². The lowest BCUT2D eigenvalue weighted by molar-refractivity contribution is 0.668. The molecule has 2 heterocycles. The highest BCUT2D eigenvalue weighted by Crippen LogP contribution is 2.30. The van der Waals surface area contributed by atoms with Gasteiger partial charge in [-0.25, -0.2) is 0 Å². The van der Waals surface area contributed by atoms with E-state index < -0.39 is 0 Å². The number of fused-ring (bicyclic) bond motifs is 6. The molecule has 0 spiro atoms. The van der Waals surface area contributed by atoms with Crippen molar-refractivity contribution in [2.24, 2.45) is 0 Å². The van der Waals surface area contributed by atoms with Crippen molar-refractivity contribution in [3.05, 3.63) is 168 Å². The molecule has 2 nitrogen and oxygen atoms in total. The third-order valence-electron chi connectivity index (χ3n) is 7.02. The quantitative estimate of drug-likeness (QED) is 0.188. The fraction of sp³-hybridized carbons (Fsp3) is 0.100. The van der Waals surface area contributed by atoms with Gasteiger partial charge in [-0.1, -0.05) is 132 Å². The standard InChI is InChI=1S/2C13H10O.2C7H8/c1-9-5-4-8-12-13(9)10-6-2-3-7-11(10)14-12;1-9-6-7-13-11(8-9)10-4-2-3-5-12(10)14-13;2*1-7-5-3-2-4-6-7/h2*2-8H,1H3;2*2-6H,1H3. The summed E-state index contributed by atoms with van der Waals surface area (Å²) in [6.07, 6.45) is 0. The first-order valence-electron chi connectivity index (χ1n) is 14.3. The van der Waals surface area contributed by atoms with E-state index in [1.807, 2.05) is 91.0 Å². The summed E-state index contributed by atoms with van der Waals surface area (Å²) in [6.45, 7) is 8.38. The predicted molar refractivity (Wildman–Crippen MR) is 179 cm³/mol. The molecule has 8 rings (SSSR count). The van der Waals surface area contributed by atoms with Gasteiger partial charge in [0.2, 0.25) is 0 Å². The molecule has 0 atom stereocenters. The molecule has 0 aliphatic rings. The highest BCUT2D eigenvalue weighted by molar-refractivity contribution is 6.06. The Kier molecular flexibility index (Phi) is 9.16. The van der Waals surface area contributed by atoms with Crippen molar-refractivity contribution in [1.82, 2.24) is 0 Å². The lowest BCUT2D eigenvalue weighted by Gasteiger charge is -1.93. The van der Waals surface area contributed by atoms with Crippen LogP contribution >= 0.6 is 0 Å².